The molecule has 112 valence electrons. The van der Waals surface area contributed by atoms with Crippen LogP contribution < -0.4 is 10.1 Å². The van der Waals surface area contributed by atoms with E-state index in [-0.39, 0.29) is 11.8 Å². The summed E-state index contributed by atoms with van der Waals surface area (Å²) in [6, 6.07) is 5.62. The molecule has 0 aliphatic rings. The number of carbonyl (C=O) groups is 2. The summed E-state index contributed by atoms with van der Waals surface area (Å²) in [6.07, 6.45) is 0. The number of rotatable bonds is 4. The summed E-state index contributed by atoms with van der Waals surface area (Å²) in [6.45, 7) is 4.04. The Kier molecular flexibility index (Phi) is 4.87. The van der Waals surface area contributed by atoms with Gasteiger partial charge >= 0.3 is 0 Å². The van der Waals surface area contributed by atoms with E-state index in [1.165, 1.54) is 25.2 Å². The first-order valence-corrected chi connectivity index (χ1v) is 7.28. The highest BCUT2D eigenvalue weighted by molar-refractivity contribution is 7.16. The lowest BCUT2D eigenvalue weighted by Gasteiger charge is -2.05. The van der Waals surface area contributed by atoms with Gasteiger partial charge in [-0.05, 0) is 18.2 Å². The van der Waals surface area contributed by atoms with Gasteiger partial charge in [0.05, 0.1) is 16.8 Å². The molecule has 0 saturated carbocycles. The monoisotopic (exact) mass is 307 g/mol. The van der Waals surface area contributed by atoms with E-state index in [1.807, 2.05) is 22.8 Å². The lowest BCUT2D eigenvalue weighted by atomic mass is 10.3. The number of aromatic nitrogens is 1. The van der Waals surface area contributed by atoms with Crippen molar-refractivity contribution in [3.05, 3.63) is 23.0 Å². The van der Waals surface area contributed by atoms with Gasteiger partial charge in [0.15, 0.2) is 4.80 Å². The Morgan fingerprint density at radius 3 is 2.76 bits per heavy atom. The number of amides is 2. The van der Waals surface area contributed by atoms with Crippen molar-refractivity contribution < 1.29 is 14.3 Å². The molecule has 0 bridgehead atoms. The van der Waals surface area contributed by atoms with Crippen molar-refractivity contribution >= 4 is 39.1 Å². The lowest BCUT2D eigenvalue weighted by molar-refractivity contribution is -0.116. The number of carbonyl (C=O) groups excluding carboxylic acids is 2. The van der Waals surface area contributed by atoms with Crippen molar-refractivity contribution in [2.75, 3.05) is 19.0 Å². The molecule has 1 aromatic heterocycles. The molecule has 1 aromatic carbocycles. The Hall–Kier alpha value is -1.99. The third-order valence-electron chi connectivity index (χ3n) is 2.78. The maximum absolute atomic E-state index is 11.3. The molecular weight excluding hydrogens is 290 g/mol. The maximum Gasteiger partial charge on any atom is 0.245 e. The first-order chi connectivity index (χ1) is 10.0. The quantitative estimate of drug-likeness (QED) is 0.935. The van der Waals surface area contributed by atoms with Crippen molar-refractivity contribution in [3.63, 3.8) is 0 Å². The third kappa shape index (κ3) is 3.77. The van der Waals surface area contributed by atoms with Gasteiger partial charge in [-0.2, -0.15) is 4.99 Å². The summed E-state index contributed by atoms with van der Waals surface area (Å²) < 4.78 is 8.00. The fraction of sp³-hybridized carbons (Fsp3) is 0.357. The predicted molar refractivity (Wildman–Crippen MR) is 82.2 cm³/mol. The number of fused-ring (bicyclic) bond motifs is 1. The van der Waals surface area contributed by atoms with Gasteiger partial charge in [0, 0.05) is 33.2 Å². The number of hydrogen-bond acceptors (Lipinski definition) is 4. The molecule has 2 rings (SSSR count). The van der Waals surface area contributed by atoms with Crippen molar-refractivity contribution in [2.45, 2.75) is 20.4 Å². The van der Waals surface area contributed by atoms with Gasteiger partial charge < -0.3 is 14.6 Å². The Balaban J connectivity index is 2.55. The fourth-order valence-electron chi connectivity index (χ4n) is 1.97. The number of nitrogens with zero attached hydrogens (tertiary/aromatic N) is 2. The molecule has 6 nitrogen and oxygen atoms in total. The molecule has 0 fully saturated rings. The number of methoxy groups -OCH3 is 1. The van der Waals surface area contributed by atoms with Crippen molar-refractivity contribution in [2.24, 2.45) is 4.99 Å². The summed E-state index contributed by atoms with van der Waals surface area (Å²) in [5, 5.41) is 2.75. The number of benzene rings is 1. The smallest absolute Gasteiger partial charge is 0.245 e. The Morgan fingerprint density at radius 1 is 1.38 bits per heavy atom. The molecule has 1 N–H and O–H groups in total. The molecule has 2 aromatic rings. The van der Waals surface area contributed by atoms with Gasteiger partial charge in [-0.25, -0.2) is 0 Å². The van der Waals surface area contributed by atoms with Crippen LogP contribution in [-0.2, 0) is 20.9 Å². The second-order valence-electron chi connectivity index (χ2n) is 4.52. The summed E-state index contributed by atoms with van der Waals surface area (Å²) >= 11 is 1.41. The van der Waals surface area contributed by atoms with Gasteiger partial charge in [-0.3, -0.25) is 9.59 Å². The van der Waals surface area contributed by atoms with Crippen molar-refractivity contribution in [1.82, 2.24) is 4.57 Å². The van der Waals surface area contributed by atoms with Crippen LogP contribution in [0, 0.1) is 0 Å². The van der Waals surface area contributed by atoms with E-state index in [9.17, 15) is 9.59 Å². The van der Waals surface area contributed by atoms with Gasteiger partial charge in [-0.15, -0.1) is 0 Å². The molecule has 0 aliphatic carbocycles. The van der Waals surface area contributed by atoms with E-state index >= 15 is 0 Å². The maximum atomic E-state index is 11.3. The normalized spacial score (nSPS) is 11.9. The van der Waals surface area contributed by atoms with Crippen LogP contribution in [0.2, 0.25) is 0 Å². The van der Waals surface area contributed by atoms with E-state index in [4.69, 9.17) is 4.74 Å². The van der Waals surface area contributed by atoms with Crippen LogP contribution in [0.15, 0.2) is 23.2 Å². The highest BCUT2D eigenvalue weighted by Crippen LogP contribution is 2.22. The van der Waals surface area contributed by atoms with Gasteiger partial charge in [-0.1, -0.05) is 11.3 Å². The molecular formula is C14H17N3O3S. The topological polar surface area (TPSA) is 72.7 Å². The summed E-state index contributed by atoms with van der Waals surface area (Å²) in [5.74, 6) is -0.360. The van der Waals surface area contributed by atoms with Crippen LogP contribution in [-0.4, -0.2) is 30.1 Å². The minimum absolute atomic E-state index is 0.119. The molecule has 21 heavy (non-hydrogen) atoms. The molecule has 2 amide bonds. The summed E-state index contributed by atoms with van der Waals surface area (Å²) in [4.78, 5) is 27.1. The van der Waals surface area contributed by atoms with Crippen molar-refractivity contribution in [1.29, 1.82) is 0 Å². The molecule has 1 heterocycles. The van der Waals surface area contributed by atoms with E-state index < -0.39 is 0 Å². The number of anilines is 1. The molecule has 0 radical (unpaired) electrons. The van der Waals surface area contributed by atoms with Gasteiger partial charge in [0.25, 0.3) is 0 Å². The van der Waals surface area contributed by atoms with Gasteiger partial charge in [0.1, 0.15) is 0 Å². The van der Waals surface area contributed by atoms with Gasteiger partial charge in [0.2, 0.25) is 11.8 Å². The summed E-state index contributed by atoms with van der Waals surface area (Å²) in [7, 11) is 1.63. The Labute approximate surface area is 126 Å². The average Bonchev–Trinajstić information content (AvgIpc) is 2.71. The van der Waals surface area contributed by atoms with E-state index in [0.717, 1.165) is 15.9 Å². The zero-order valence-corrected chi connectivity index (χ0v) is 13.0. The Morgan fingerprint density at radius 2 is 2.14 bits per heavy atom. The van der Waals surface area contributed by atoms with Crippen LogP contribution in [0.3, 0.4) is 0 Å². The fourth-order valence-corrected chi connectivity index (χ4v) is 3.11. The van der Waals surface area contributed by atoms with Crippen LogP contribution >= 0.6 is 11.3 Å². The molecule has 7 heteroatoms. The molecule has 0 atom stereocenters. The number of ether oxygens (including phenoxy) is 1. The molecule has 0 saturated heterocycles. The first-order valence-electron chi connectivity index (χ1n) is 6.46. The second kappa shape index (κ2) is 6.64. The standard InChI is InChI=1S/C14H17N3O3S/c1-9(18)15-11-4-5-12-13(8-11)21-14(16-10(2)19)17(12)6-7-20-3/h4-5,8H,6-7H2,1-3H3,(H,15,18). The number of hydrogen-bond donors (Lipinski definition) is 1. The highest BCUT2D eigenvalue weighted by Gasteiger charge is 2.08. The second-order valence-corrected chi connectivity index (χ2v) is 5.53. The predicted octanol–water partition coefficient (Wildman–Crippen LogP) is 1.75. The zero-order chi connectivity index (χ0) is 15.4. The van der Waals surface area contributed by atoms with Crippen LogP contribution in [0.4, 0.5) is 5.69 Å². The lowest BCUT2D eigenvalue weighted by Crippen LogP contribution is -2.18. The largest absolute Gasteiger partial charge is 0.383 e. The molecule has 0 spiro atoms. The minimum Gasteiger partial charge on any atom is -0.383 e. The van der Waals surface area contributed by atoms with Crippen LogP contribution in [0.1, 0.15) is 13.8 Å². The SMILES string of the molecule is COCCn1c(=NC(C)=O)sc2cc(NC(C)=O)ccc21. The number of thiazole rings is 1. The molecule has 0 aliphatic heterocycles. The molecule has 0 unspecified atom stereocenters. The Bertz CT molecular complexity index is 745. The number of nitrogens with one attached hydrogen (secondary N) is 1. The third-order valence-corrected chi connectivity index (χ3v) is 3.82. The minimum atomic E-state index is -0.241. The van der Waals surface area contributed by atoms with E-state index in [0.29, 0.717) is 18.0 Å². The average molecular weight is 307 g/mol. The highest BCUT2D eigenvalue weighted by atomic mass is 32.1. The van der Waals surface area contributed by atoms with Crippen molar-refractivity contribution in [3.8, 4) is 0 Å². The van der Waals surface area contributed by atoms with E-state index in [2.05, 4.69) is 10.3 Å². The first kappa shape index (κ1) is 15.4. The zero-order valence-electron chi connectivity index (χ0n) is 12.2. The van der Waals surface area contributed by atoms with Crippen LogP contribution in [0.25, 0.3) is 10.2 Å². The summed E-state index contributed by atoms with van der Waals surface area (Å²) in [5.41, 5.74) is 1.69. The van der Waals surface area contributed by atoms with E-state index in [1.54, 1.807) is 7.11 Å². The van der Waals surface area contributed by atoms with Crippen LogP contribution in [0.5, 0.6) is 0 Å².